The number of sulfone groups is 2. The van der Waals surface area contributed by atoms with Crippen LogP contribution in [0, 0.1) is 0 Å². The minimum absolute atomic E-state index is 0.0105. The van der Waals surface area contributed by atoms with Crippen LogP contribution in [0.5, 0.6) is 0 Å². The Morgan fingerprint density at radius 3 is 1.24 bits per heavy atom. The number of nitrogens with one attached hydrogen (secondary N) is 2. The average molecular weight is 1440 g/mol. The molecule has 28 nitrogen and oxygen atoms in total. The Morgan fingerprint density at radius 1 is 0.465 bits per heavy atom. The maximum absolute atomic E-state index is 12.5. The molecule has 12 aromatic rings. The number of hydrogen-bond acceptors (Lipinski definition) is 27. The van der Waals surface area contributed by atoms with E-state index in [4.69, 9.17) is 47.2 Å². The Bertz CT molecular complexity index is 5200. The van der Waals surface area contributed by atoms with Gasteiger partial charge in [-0.25, -0.2) is 64.9 Å². The summed E-state index contributed by atoms with van der Waals surface area (Å²) >= 11 is 6.31. The third kappa shape index (κ3) is 17.3. The minimum atomic E-state index is -3.71. The number of hydrogen-bond donors (Lipinski definition) is 6. The first-order chi connectivity index (χ1) is 48.4. The number of nitrogens with two attached hydrogens (primary N) is 3. The van der Waals surface area contributed by atoms with Crippen molar-refractivity contribution >= 4 is 58.8 Å². The second-order valence-corrected chi connectivity index (χ2v) is 30.3. The van der Waals surface area contributed by atoms with Gasteiger partial charge in [0, 0.05) is 52.7 Å². The summed E-state index contributed by atoms with van der Waals surface area (Å²) < 4.78 is 93.7. The van der Waals surface area contributed by atoms with Crippen LogP contribution >= 0.6 is 11.6 Å². The standard InChI is InChI=1S/C24H24ClN5O3S.C23H24N6O3S.C22H23N7O4S/c1-4-5-15-6-8-16(9-7-15)23-29-30-24(33-23)21-22(26)27-13-19(28-21)17-10-11-20(18(25)12-17)34(31,32)14(2)3;1-4-5-15-6-8-16(9-7-15)22-28-29-23(32-22)20-21(24)26-13-18(27-20)17-10-11-19(25-12-17)33(30,31)14(2)3;1-24-12-14-2-4-16(5-3-14)21-28-29-22(33-21)19-20(23)25-13-18(27-19)15-6-8-17(9-7-15)34(31,32)26-10-11-30/h6-14H,4-5H2,1-3H3,(H2,26,27);6-14H,4-5H2,1-3H3,(H2,24,26);2-9,13,24,26,30H,10-12H2,1H3,(H2,23,25). The van der Waals surface area contributed by atoms with E-state index >= 15 is 0 Å². The highest BCUT2D eigenvalue weighted by molar-refractivity contribution is 7.92. The molecule has 0 saturated carbocycles. The van der Waals surface area contributed by atoms with Crippen LogP contribution in [-0.4, -0.2) is 127 Å². The van der Waals surface area contributed by atoms with Gasteiger partial charge in [0.25, 0.3) is 17.7 Å². The smallest absolute Gasteiger partial charge is 0.270 e. The molecule has 32 heteroatoms. The predicted molar refractivity (Wildman–Crippen MR) is 382 cm³/mol. The van der Waals surface area contributed by atoms with Gasteiger partial charge in [0.2, 0.25) is 27.7 Å². The Morgan fingerprint density at radius 2 is 0.851 bits per heavy atom. The summed E-state index contributed by atoms with van der Waals surface area (Å²) in [7, 11) is -8.81. The molecule has 0 unspecified atom stereocenters. The molecule has 7 heterocycles. The molecule has 0 atom stereocenters. The molecule has 0 bridgehead atoms. The molecular formula is C69H71ClN18O10S3. The molecule has 0 amide bonds. The number of aryl methyl sites for hydroxylation is 2. The molecule has 0 aliphatic heterocycles. The van der Waals surface area contributed by atoms with Crippen molar-refractivity contribution in [3.63, 3.8) is 0 Å². The quantitative estimate of drug-likeness (QED) is 0.0346. The van der Waals surface area contributed by atoms with Gasteiger partial charge in [-0.05, 0) is 137 Å². The van der Waals surface area contributed by atoms with Gasteiger partial charge in [-0.3, -0.25) is 0 Å². The number of aliphatic hydroxyl groups excluding tert-OH is 1. The summed E-state index contributed by atoms with van der Waals surface area (Å²) in [6.45, 7) is 11.1. The maximum Gasteiger partial charge on any atom is 0.270 e. The lowest BCUT2D eigenvalue weighted by Gasteiger charge is -2.11. The second-order valence-electron chi connectivity index (χ2n) is 23.2. The molecule has 9 N–H and O–H groups in total. The van der Waals surface area contributed by atoms with Crippen molar-refractivity contribution < 1.29 is 43.6 Å². The zero-order valence-electron chi connectivity index (χ0n) is 55.8. The summed E-state index contributed by atoms with van der Waals surface area (Å²) in [6.07, 6.45) is 10.0. The summed E-state index contributed by atoms with van der Waals surface area (Å²) in [5.41, 5.74) is 27.8. The Balaban J connectivity index is 0.000000163. The van der Waals surface area contributed by atoms with E-state index in [0.717, 1.165) is 54.5 Å². The van der Waals surface area contributed by atoms with E-state index in [1.807, 2.05) is 79.8 Å². The lowest BCUT2D eigenvalue weighted by Crippen LogP contribution is -2.26. The molecule has 12 rings (SSSR count). The van der Waals surface area contributed by atoms with E-state index in [-0.39, 0.29) is 85.2 Å². The number of benzene rings is 5. The van der Waals surface area contributed by atoms with Crippen LogP contribution < -0.4 is 27.2 Å². The van der Waals surface area contributed by atoms with Gasteiger partial charge in [-0.1, -0.05) is 92.9 Å². The first-order valence-corrected chi connectivity index (χ1v) is 36.6. The van der Waals surface area contributed by atoms with Crippen molar-refractivity contribution in [2.24, 2.45) is 0 Å². The lowest BCUT2D eigenvalue weighted by molar-refractivity contribution is 0.301. The highest BCUT2D eigenvalue weighted by Gasteiger charge is 2.26. The number of aliphatic hydroxyl groups is 1. The molecular weight excluding hydrogens is 1370 g/mol. The summed E-state index contributed by atoms with van der Waals surface area (Å²) in [5, 5.41) is 35.5. The molecule has 0 spiro atoms. The SMILES string of the molecule is CCCc1ccc(-c2nnc(-c3nc(-c4ccc(S(=O)(=O)C(C)C)c(Cl)c4)cnc3N)o2)cc1.CCCc1ccc(-c2nnc(-c3nc(-c4ccc(S(=O)(=O)C(C)C)nc4)cnc3N)o2)cc1.CNCc1ccc(-c2nnc(-c3nc(-c4ccc(S(=O)(=O)NCCO)cc4)cnc3N)o2)cc1. The number of aromatic nitrogens is 13. The van der Waals surface area contributed by atoms with Crippen LogP contribution in [0.1, 0.15) is 71.1 Å². The van der Waals surface area contributed by atoms with E-state index in [1.54, 1.807) is 52.0 Å². The molecule has 0 radical (unpaired) electrons. The average Bonchev–Trinajstić information content (AvgIpc) is 1.76. The van der Waals surface area contributed by atoms with Crippen LogP contribution in [0.15, 0.2) is 180 Å². The molecule has 522 valence electrons. The van der Waals surface area contributed by atoms with Crippen LogP contribution in [0.4, 0.5) is 17.5 Å². The molecule has 5 aromatic carbocycles. The number of nitrogens with zero attached hydrogens (tertiary/aromatic N) is 13. The first kappa shape index (κ1) is 73.1. The number of anilines is 3. The number of pyridine rings is 1. The van der Waals surface area contributed by atoms with Crippen molar-refractivity contribution in [3.8, 4) is 103 Å². The summed E-state index contributed by atoms with van der Waals surface area (Å²) in [6, 6.07) is 37.4. The van der Waals surface area contributed by atoms with Gasteiger partial charge in [-0.2, -0.15) is 0 Å². The van der Waals surface area contributed by atoms with Crippen molar-refractivity contribution in [2.45, 2.75) is 99.1 Å². The fourth-order valence-electron chi connectivity index (χ4n) is 9.72. The Labute approximate surface area is 587 Å². The summed E-state index contributed by atoms with van der Waals surface area (Å²) in [4.78, 5) is 30.4. The van der Waals surface area contributed by atoms with Gasteiger partial charge in [-0.15, -0.1) is 30.6 Å². The van der Waals surface area contributed by atoms with Gasteiger partial charge >= 0.3 is 0 Å². The topological polar surface area (TPSA) is 432 Å². The van der Waals surface area contributed by atoms with Crippen molar-refractivity contribution in [1.82, 2.24) is 75.5 Å². The predicted octanol–water partition coefficient (Wildman–Crippen LogP) is 10.6. The second kappa shape index (κ2) is 32.1. The minimum Gasteiger partial charge on any atom is -0.414 e. The highest BCUT2D eigenvalue weighted by atomic mass is 35.5. The molecule has 101 heavy (non-hydrogen) atoms. The number of halogens is 1. The van der Waals surface area contributed by atoms with Gasteiger partial charge < -0.3 is 40.9 Å². The maximum atomic E-state index is 12.5. The normalized spacial score (nSPS) is 11.7. The van der Waals surface area contributed by atoms with E-state index in [0.29, 0.717) is 51.4 Å². The fraction of sp³-hybridized carbons (Fsp3) is 0.232. The Kier molecular flexibility index (Phi) is 23.2. The zero-order chi connectivity index (χ0) is 72.2. The van der Waals surface area contributed by atoms with Crippen molar-refractivity contribution in [1.29, 1.82) is 0 Å². The molecule has 0 saturated heterocycles. The third-order valence-electron chi connectivity index (χ3n) is 15.3. The largest absolute Gasteiger partial charge is 0.414 e. The van der Waals surface area contributed by atoms with Crippen LogP contribution in [0.3, 0.4) is 0 Å². The first-order valence-electron chi connectivity index (χ1n) is 31.7. The van der Waals surface area contributed by atoms with E-state index in [9.17, 15) is 25.3 Å². The number of nitrogen functional groups attached to an aromatic ring is 3. The van der Waals surface area contributed by atoms with Crippen LogP contribution in [0.2, 0.25) is 5.02 Å². The van der Waals surface area contributed by atoms with Crippen LogP contribution in [0.25, 0.3) is 103 Å². The van der Waals surface area contributed by atoms with E-state index in [2.05, 4.69) is 89.4 Å². The zero-order valence-corrected chi connectivity index (χ0v) is 59.0. The van der Waals surface area contributed by atoms with Crippen LogP contribution in [-0.2, 0) is 49.1 Å². The molecule has 0 fully saturated rings. The molecule has 0 aliphatic rings. The van der Waals surface area contributed by atoms with Crippen molar-refractivity contribution in [3.05, 3.63) is 174 Å². The van der Waals surface area contributed by atoms with Gasteiger partial charge in [0.05, 0.1) is 67.6 Å². The highest BCUT2D eigenvalue weighted by Crippen LogP contribution is 2.35. The lowest BCUT2D eigenvalue weighted by atomic mass is 10.1. The molecule has 0 aliphatic carbocycles. The molecule has 7 aromatic heterocycles. The van der Waals surface area contributed by atoms with E-state index < -0.39 is 40.2 Å². The number of sulfonamides is 1. The Hall–Kier alpha value is -10.7. The van der Waals surface area contributed by atoms with Gasteiger partial charge in [0.15, 0.2) is 59.2 Å². The van der Waals surface area contributed by atoms with Gasteiger partial charge in [0.1, 0.15) is 0 Å². The fourth-order valence-corrected chi connectivity index (χ4v) is 13.3. The monoisotopic (exact) mass is 1440 g/mol. The number of rotatable bonds is 23. The van der Waals surface area contributed by atoms with E-state index in [1.165, 1.54) is 66.2 Å². The summed E-state index contributed by atoms with van der Waals surface area (Å²) in [5.74, 6) is 1.79. The van der Waals surface area contributed by atoms with Crippen molar-refractivity contribution in [2.75, 3.05) is 37.4 Å². The third-order valence-corrected chi connectivity index (χ3v) is 21.5.